The molecule has 21 heavy (non-hydrogen) atoms. The molecule has 0 aliphatic carbocycles. The van der Waals surface area contributed by atoms with Gasteiger partial charge in [0.25, 0.3) is 5.91 Å². The van der Waals surface area contributed by atoms with Crippen LogP contribution in [-0.2, 0) is 9.59 Å². The van der Waals surface area contributed by atoms with E-state index in [0.717, 1.165) is 25.9 Å². The van der Waals surface area contributed by atoms with E-state index in [4.69, 9.17) is 0 Å². The van der Waals surface area contributed by atoms with Crippen molar-refractivity contribution in [3.63, 3.8) is 0 Å². The number of thiophene rings is 1. The second-order valence-electron chi connectivity index (χ2n) is 4.85. The van der Waals surface area contributed by atoms with Crippen LogP contribution in [0.5, 0.6) is 0 Å². The standard InChI is InChI=1S/C14H19N3O3S/c18-12(10-16-14(20)11-4-3-9-21-11)15-6-5-13(19)17-7-1-2-8-17/h3-4,9H,1-2,5-8,10H2,(H,15,18)(H,16,20). The van der Waals surface area contributed by atoms with Crippen molar-refractivity contribution < 1.29 is 14.4 Å². The lowest BCUT2D eigenvalue weighted by Crippen LogP contribution is -2.38. The molecule has 0 radical (unpaired) electrons. The van der Waals surface area contributed by atoms with Gasteiger partial charge in [-0.15, -0.1) is 11.3 Å². The first-order valence-corrected chi connectivity index (χ1v) is 7.91. The Hall–Kier alpha value is -1.89. The summed E-state index contributed by atoms with van der Waals surface area (Å²) in [4.78, 5) is 37.4. The highest BCUT2D eigenvalue weighted by molar-refractivity contribution is 7.12. The molecule has 6 nitrogen and oxygen atoms in total. The third-order valence-electron chi connectivity index (χ3n) is 3.27. The Kier molecular flexibility index (Phi) is 5.74. The molecule has 1 aromatic heterocycles. The molecule has 2 N–H and O–H groups in total. The largest absolute Gasteiger partial charge is 0.354 e. The number of carbonyl (C=O) groups is 3. The quantitative estimate of drug-likeness (QED) is 0.808. The molecule has 0 bridgehead atoms. The molecule has 0 atom stereocenters. The first-order chi connectivity index (χ1) is 10.2. The van der Waals surface area contributed by atoms with Crippen LogP contribution in [0, 0.1) is 0 Å². The van der Waals surface area contributed by atoms with E-state index in [2.05, 4.69) is 10.6 Å². The highest BCUT2D eigenvalue weighted by atomic mass is 32.1. The zero-order chi connectivity index (χ0) is 15.1. The number of rotatable bonds is 6. The average Bonchev–Trinajstić information content (AvgIpc) is 3.16. The van der Waals surface area contributed by atoms with Crippen LogP contribution in [0.2, 0.25) is 0 Å². The van der Waals surface area contributed by atoms with E-state index in [-0.39, 0.29) is 24.3 Å². The Morgan fingerprint density at radius 1 is 1.19 bits per heavy atom. The summed E-state index contributed by atoms with van der Waals surface area (Å²) < 4.78 is 0. The summed E-state index contributed by atoms with van der Waals surface area (Å²) in [7, 11) is 0. The molecule has 1 aliphatic heterocycles. The zero-order valence-corrected chi connectivity index (χ0v) is 12.6. The Morgan fingerprint density at radius 3 is 2.62 bits per heavy atom. The fourth-order valence-corrected chi connectivity index (χ4v) is 2.79. The van der Waals surface area contributed by atoms with Gasteiger partial charge in [0.1, 0.15) is 0 Å². The molecule has 1 aliphatic rings. The fraction of sp³-hybridized carbons (Fsp3) is 0.500. The zero-order valence-electron chi connectivity index (χ0n) is 11.8. The number of hydrogen-bond donors (Lipinski definition) is 2. The van der Waals surface area contributed by atoms with Crippen LogP contribution in [-0.4, -0.2) is 48.8 Å². The molecule has 2 heterocycles. The van der Waals surface area contributed by atoms with E-state index in [1.807, 2.05) is 4.90 Å². The maximum absolute atomic E-state index is 11.8. The molecule has 0 aromatic carbocycles. The van der Waals surface area contributed by atoms with Crippen molar-refractivity contribution in [1.82, 2.24) is 15.5 Å². The fourth-order valence-electron chi connectivity index (χ4n) is 2.15. The second-order valence-corrected chi connectivity index (χ2v) is 5.80. The highest BCUT2D eigenvalue weighted by Gasteiger charge is 2.17. The number of nitrogens with zero attached hydrogens (tertiary/aromatic N) is 1. The molecule has 0 saturated carbocycles. The molecule has 2 rings (SSSR count). The van der Waals surface area contributed by atoms with E-state index in [1.54, 1.807) is 17.5 Å². The average molecular weight is 309 g/mol. The second kappa shape index (κ2) is 7.78. The maximum Gasteiger partial charge on any atom is 0.261 e. The first-order valence-electron chi connectivity index (χ1n) is 7.03. The number of likely N-dealkylation sites (tertiary alicyclic amines) is 1. The van der Waals surface area contributed by atoms with Crippen LogP contribution < -0.4 is 10.6 Å². The summed E-state index contributed by atoms with van der Waals surface area (Å²) in [6.07, 6.45) is 2.43. The predicted octanol–water partition coefficient (Wildman–Crippen LogP) is 0.607. The van der Waals surface area contributed by atoms with Crippen LogP contribution in [0.1, 0.15) is 28.9 Å². The lowest BCUT2D eigenvalue weighted by atomic mass is 10.3. The van der Waals surface area contributed by atoms with E-state index in [0.29, 0.717) is 17.8 Å². The number of carbonyl (C=O) groups excluding carboxylic acids is 3. The van der Waals surface area contributed by atoms with Crippen LogP contribution >= 0.6 is 11.3 Å². The monoisotopic (exact) mass is 309 g/mol. The Balaban J connectivity index is 1.59. The third-order valence-corrected chi connectivity index (χ3v) is 4.14. The van der Waals surface area contributed by atoms with Crippen LogP contribution in [0.4, 0.5) is 0 Å². The van der Waals surface area contributed by atoms with Crippen molar-refractivity contribution in [2.24, 2.45) is 0 Å². The Labute approximate surface area is 127 Å². The Bertz CT molecular complexity index is 496. The summed E-state index contributed by atoms with van der Waals surface area (Å²) in [5.41, 5.74) is 0. The lowest BCUT2D eigenvalue weighted by Gasteiger charge is -2.15. The molecule has 0 spiro atoms. The number of nitrogens with one attached hydrogen (secondary N) is 2. The van der Waals surface area contributed by atoms with Gasteiger partial charge >= 0.3 is 0 Å². The van der Waals surface area contributed by atoms with Gasteiger partial charge in [-0.1, -0.05) is 6.07 Å². The smallest absolute Gasteiger partial charge is 0.261 e. The topological polar surface area (TPSA) is 78.5 Å². The van der Waals surface area contributed by atoms with Gasteiger partial charge in [0.15, 0.2) is 0 Å². The molecule has 7 heteroatoms. The first kappa shape index (κ1) is 15.5. The highest BCUT2D eigenvalue weighted by Crippen LogP contribution is 2.08. The van der Waals surface area contributed by atoms with Gasteiger partial charge in [0.05, 0.1) is 11.4 Å². The molecule has 0 unspecified atom stereocenters. The lowest BCUT2D eigenvalue weighted by molar-refractivity contribution is -0.130. The van der Waals surface area contributed by atoms with Crippen LogP contribution in [0.15, 0.2) is 17.5 Å². The Morgan fingerprint density at radius 2 is 1.95 bits per heavy atom. The minimum absolute atomic E-state index is 0.0748. The van der Waals surface area contributed by atoms with E-state index in [1.165, 1.54) is 11.3 Å². The summed E-state index contributed by atoms with van der Waals surface area (Å²) in [6, 6.07) is 3.48. The SMILES string of the molecule is O=C(CNC(=O)c1cccs1)NCCC(=O)N1CCCC1. The van der Waals surface area contributed by atoms with Gasteiger partial charge in [-0.3, -0.25) is 14.4 Å². The van der Waals surface area contributed by atoms with Crippen LogP contribution in [0.25, 0.3) is 0 Å². The summed E-state index contributed by atoms with van der Waals surface area (Å²) >= 11 is 1.32. The summed E-state index contributed by atoms with van der Waals surface area (Å²) in [5.74, 6) is -0.460. The van der Waals surface area contributed by atoms with Gasteiger partial charge in [0, 0.05) is 26.1 Å². The van der Waals surface area contributed by atoms with E-state index < -0.39 is 0 Å². The van der Waals surface area contributed by atoms with Crippen LogP contribution in [0.3, 0.4) is 0 Å². The van der Waals surface area contributed by atoms with E-state index >= 15 is 0 Å². The van der Waals surface area contributed by atoms with Gasteiger partial charge in [-0.25, -0.2) is 0 Å². The van der Waals surface area contributed by atoms with E-state index in [9.17, 15) is 14.4 Å². The molecule has 1 aromatic rings. The summed E-state index contributed by atoms with van der Waals surface area (Å²) in [6.45, 7) is 1.88. The summed E-state index contributed by atoms with van der Waals surface area (Å²) in [5, 5.41) is 6.99. The van der Waals surface area contributed by atoms with Crippen molar-refractivity contribution in [1.29, 1.82) is 0 Å². The number of hydrogen-bond acceptors (Lipinski definition) is 4. The molecule has 1 fully saturated rings. The van der Waals surface area contributed by atoms with Crippen molar-refractivity contribution in [3.05, 3.63) is 22.4 Å². The van der Waals surface area contributed by atoms with Crippen molar-refractivity contribution >= 4 is 29.1 Å². The van der Waals surface area contributed by atoms with Crippen molar-refractivity contribution in [3.8, 4) is 0 Å². The molecule has 3 amide bonds. The van der Waals surface area contributed by atoms with Gasteiger partial charge < -0.3 is 15.5 Å². The minimum Gasteiger partial charge on any atom is -0.354 e. The van der Waals surface area contributed by atoms with Gasteiger partial charge in [-0.2, -0.15) is 0 Å². The van der Waals surface area contributed by atoms with Gasteiger partial charge in [0.2, 0.25) is 11.8 Å². The molecular weight excluding hydrogens is 290 g/mol. The molecular formula is C14H19N3O3S. The minimum atomic E-state index is -0.283. The normalized spacial score (nSPS) is 14.0. The molecule has 114 valence electrons. The third kappa shape index (κ3) is 4.86. The number of amides is 3. The van der Waals surface area contributed by atoms with Gasteiger partial charge in [-0.05, 0) is 24.3 Å². The predicted molar refractivity (Wildman–Crippen MR) is 80.1 cm³/mol. The molecule has 1 saturated heterocycles. The van der Waals surface area contributed by atoms with Crippen molar-refractivity contribution in [2.75, 3.05) is 26.2 Å². The van der Waals surface area contributed by atoms with Crippen molar-refractivity contribution in [2.45, 2.75) is 19.3 Å². The maximum atomic E-state index is 11.8.